The van der Waals surface area contributed by atoms with Crippen molar-refractivity contribution >= 4 is 5.69 Å². The van der Waals surface area contributed by atoms with Gasteiger partial charge in [0, 0.05) is 18.0 Å². The fraction of sp³-hybridized carbons (Fsp3) is 0.143. The quantitative estimate of drug-likeness (QED) is 0.734. The normalized spacial score (nSPS) is 10.6. The second-order valence-electron chi connectivity index (χ2n) is 4.37. The fourth-order valence-corrected chi connectivity index (χ4v) is 1.88. The zero-order valence-electron chi connectivity index (χ0n) is 11.6. The number of aromatic nitrogens is 4. The Kier molecular flexibility index (Phi) is 3.23. The molecule has 21 heavy (non-hydrogen) atoms. The predicted octanol–water partition coefficient (Wildman–Crippen LogP) is 2.09. The van der Waals surface area contributed by atoms with E-state index in [1.807, 2.05) is 0 Å². The summed E-state index contributed by atoms with van der Waals surface area (Å²) < 4.78 is 10.4. The van der Waals surface area contributed by atoms with Gasteiger partial charge in [0.25, 0.3) is 5.89 Å². The minimum absolute atomic E-state index is 0.335. The zero-order chi connectivity index (χ0) is 14.8. The number of nitrogens with two attached hydrogens (primary N) is 1. The molecule has 106 valence electrons. The minimum atomic E-state index is 0.335. The highest BCUT2D eigenvalue weighted by atomic mass is 16.5. The van der Waals surface area contributed by atoms with Gasteiger partial charge in [-0.25, -0.2) is 9.97 Å². The molecule has 0 spiro atoms. The lowest BCUT2D eigenvalue weighted by molar-refractivity contribution is 0.414. The van der Waals surface area contributed by atoms with Crippen molar-refractivity contribution in [2.45, 2.75) is 6.92 Å². The Morgan fingerprint density at radius 2 is 2.05 bits per heavy atom. The number of nitrogens with zero attached hydrogens (tertiary/aromatic N) is 4. The predicted molar refractivity (Wildman–Crippen MR) is 76.5 cm³/mol. The van der Waals surface area contributed by atoms with E-state index < -0.39 is 0 Å². The molecule has 0 saturated carbocycles. The van der Waals surface area contributed by atoms with Crippen molar-refractivity contribution in [3.8, 4) is 28.7 Å². The van der Waals surface area contributed by atoms with Gasteiger partial charge in [-0.15, -0.1) is 0 Å². The van der Waals surface area contributed by atoms with E-state index in [1.54, 1.807) is 44.5 Å². The van der Waals surface area contributed by atoms with Crippen molar-refractivity contribution in [2.24, 2.45) is 0 Å². The van der Waals surface area contributed by atoms with E-state index in [4.69, 9.17) is 15.0 Å². The van der Waals surface area contributed by atoms with Gasteiger partial charge >= 0.3 is 0 Å². The van der Waals surface area contributed by atoms with E-state index in [9.17, 15) is 0 Å². The molecule has 2 aromatic heterocycles. The fourth-order valence-electron chi connectivity index (χ4n) is 1.88. The van der Waals surface area contributed by atoms with Crippen molar-refractivity contribution in [1.29, 1.82) is 0 Å². The number of rotatable bonds is 3. The number of methoxy groups -OCH3 is 1. The van der Waals surface area contributed by atoms with E-state index in [1.165, 1.54) is 0 Å². The molecule has 0 atom stereocenters. The molecule has 7 heteroatoms. The van der Waals surface area contributed by atoms with Crippen LogP contribution in [0.15, 0.2) is 35.0 Å². The standard InChI is InChI=1S/C14H13N5O2/c1-8-16-6-5-12(17-8)13-18-14(21-19-13)10-4-3-9(20-2)7-11(10)15/h3-7H,15H2,1-2H3. The summed E-state index contributed by atoms with van der Waals surface area (Å²) in [6.45, 7) is 1.80. The first-order valence-electron chi connectivity index (χ1n) is 6.25. The monoisotopic (exact) mass is 283 g/mol. The van der Waals surface area contributed by atoms with Crippen LogP contribution in [0.2, 0.25) is 0 Å². The molecule has 1 aromatic carbocycles. The summed E-state index contributed by atoms with van der Waals surface area (Å²) in [5.74, 6) is 2.04. The van der Waals surface area contributed by atoms with E-state index in [-0.39, 0.29) is 0 Å². The maximum atomic E-state index is 5.97. The highest BCUT2D eigenvalue weighted by molar-refractivity contribution is 5.72. The molecule has 0 fully saturated rings. The summed E-state index contributed by atoms with van der Waals surface area (Å²) in [7, 11) is 1.58. The molecular formula is C14H13N5O2. The number of aryl methyl sites for hydroxylation is 1. The Morgan fingerprint density at radius 1 is 1.19 bits per heavy atom. The van der Waals surface area contributed by atoms with Crippen LogP contribution in [0.4, 0.5) is 5.69 Å². The van der Waals surface area contributed by atoms with Crippen LogP contribution in [0, 0.1) is 6.92 Å². The highest BCUT2D eigenvalue weighted by Gasteiger charge is 2.14. The van der Waals surface area contributed by atoms with Crippen molar-refractivity contribution in [1.82, 2.24) is 20.1 Å². The Hall–Kier alpha value is -2.96. The average molecular weight is 283 g/mol. The molecular weight excluding hydrogens is 270 g/mol. The van der Waals surface area contributed by atoms with Crippen LogP contribution in [0.1, 0.15) is 5.82 Å². The molecule has 0 amide bonds. The van der Waals surface area contributed by atoms with Crippen molar-refractivity contribution in [3.63, 3.8) is 0 Å². The summed E-state index contributed by atoms with van der Waals surface area (Å²) >= 11 is 0. The summed E-state index contributed by atoms with van der Waals surface area (Å²) in [6, 6.07) is 6.98. The third-order valence-electron chi connectivity index (χ3n) is 2.92. The van der Waals surface area contributed by atoms with Gasteiger partial charge in [-0.05, 0) is 25.1 Å². The second kappa shape index (κ2) is 5.20. The average Bonchev–Trinajstić information content (AvgIpc) is 2.96. The van der Waals surface area contributed by atoms with Gasteiger partial charge in [-0.2, -0.15) is 4.98 Å². The minimum Gasteiger partial charge on any atom is -0.497 e. The van der Waals surface area contributed by atoms with Crippen LogP contribution < -0.4 is 10.5 Å². The van der Waals surface area contributed by atoms with Crippen LogP contribution in [0.3, 0.4) is 0 Å². The van der Waals surface area contributed by atoms with Gasteiger partial charge in [-0.1, -0.05) is 5.16 Å². The maximum absolute atomic E-state index is 5.97. The molecule has 2 heterocycles. The summed E-state index contributed by atoms with van der Waals surface area (Å²) in [5.41, 5.74) is 7.73. The first-order valence-corrected chi connectivity index (χ1v) is 6.25. The molecule has 0 saturated heterocycles. The number of hydrogen-bond acceptors (Lipinski definition) is 7. The third-order valence-corrected chi connectivity index (χ3v) is 2.92. The highest BCUT2D eigenvalue weighted by Crippen LogP contribution is 2.29. The van der Waals surface area contributed by atoms with Gasteiger partial charge in [0.05, 0.1) is 12.7 Å². The van der Waals surface area contributed by atoms with E-state index in [0.29, 0.717) is 40.2 Å². The summed E-state index contributed by atoms with van der Waals surface area (Å²) in [5, 5.41) is 3.92. The van der Waals surface area contributed by atoms with Gasteiger partial charge in [-0.3, -0.25) is 0 Å². The third kappa shape index (κ3) is 2.53. The Morgan fingerprint density at radius 3 is 2.76 bits per heavy atom. The number of benzene rings is 1. The molecule has 0 bridgehead atoms. The van der Waals surface area contributed by atoms with Crippen LogP contribution in [-0.4, -0.2) is 27.2 Å². The second-order valence-corrected chi connectivity index (χ2v) is 4.37. The smallest absolute Gasteiger partial charge is 0.260 e. The van der Waals surface area contributed by atoms with Crippen molar-refractivity contribution < 1.29 is 9.26 Å². The van der Waals surface area contributed by atoms with E-state index in [0.717, 1.165) is 0 Å². The first-order chi connectivity index (χ1) is 10.2. The molecule has 3 rings (SSSR count). The SMILES string of the molecule is COc1ccc(-c2nc(-c3ccnc(C)n3)no2)c(N)c1. The van der Waals surface area contributed by atoms with Crippen molar-refractivity contribution in [3.05, 3.63) is 36.3 Å². The van der Waals surface area contributed by atoms with Crippen LogP contribution in [0.25, 0.3) is 23.0 Å². The van der Waals surface area contributed by atoms with Crippen LogP contribution in [0.5, 0.6) is 5.75 Å². The zero-order valence-corrected chi connectivity index (χ0v) is 11.6. The maximum Gasteiger partial charge on any atom is 0.260 e. The van der Waals surface area contributed by atoms with Gasteiger partial charge < -0.3 is 15.0 Å². The van der Waals surface area contributed by atoms with Gasteiger partial charge in [0.1, 0.15) is 17.3 Å². The molecule has 3 aromatic rings. The molecule has 0 unspecified atom stereocenters. The molecule has 7 nitrogen and oxygen atoms in total. The Balaban J connectivity index is 1.98. The lowest BCUT2D eigenvalue weighted by atomic mass is 10.1. The van der Waals surface area contributed by atoms with E-state index >= 15 is 0 Å². The molecule has 0 aliphatic heterocycles. The van der Waals surface area contributed by atoms with Crippen molar-refractivity contribution in [2.75, 3.05) is 12.8 Å². The lowest BCUT2D eigenvalue weighted by Gasteiger charge is -2.03. The number of nitrogen functional groups attached to an aromatic ring is 1. The summed E-state index contributed by atoms with van der Waals surface area (Å²) in [4.78, 5) is 12.6. The lowest BCUT2D eigenvalue weighted by Crippen LogP contribution is -1.93. The number of ether oxygens (including phenoxy) is 1. The molecule has 2 N–H and O–H groups in total. The molecule has 0 aliphatic rings. The summed E-state index contributed by atoms with van der Waals surface area (Å²) in [6.07, 6.45) is 1.65. The van der Waals surface area contributed by atoms with Crippen LogP contribution >= 0.6 is 0 Å². The largest absolute Gasteiger partial charge is 0.497 e. The molecule has 0 aliphatic carbocycles. The van der Waals surface area contributed by atoms with Crippen LogP contribution in [-0.2, 0) is 0 Å². The van der Waals surface area contributed by atoms with Gasteiger partial charge in [0.2, 0.25) is 5.82 Å². The van der Waals surface area contributed by atoms with E-state index in [2.05, 4.69) is 20.1 Å². The Bertz CT molecular complexity index is 785. The van der Waals surface area contributed by atoms with Gasteiger partial charge in [0.15, 0.2) is 0 Å². The first kappa shape index (κ1) is 13.0. The Labute approximate surface area is 120 Å². The number of hydrogen-bond donors (Lipinski definition) is 1. The molecule has 0 radical (unpaired) electrons. The number of anilines is 1. The topological polar surface area (TPSA) is 100.0 Å².